The van der Waals surface area contributed by atoms with Gasteiger partial charge in [-0.1, -0.05) is 0 Å². The predicted molar refractivity (Wildman–Crippen MR) is 87.7 cm³/mol. The van der Waals surface area contributed by atoms with Crippen molar-refractivity contribution in [2.45, 2.75) is 62.5 Å². The number of methoxy groups -OCH3 is 2. The molecule has 7 nitrogen and oxygen atoms in total. The molecule has 0 aromatic rings. The third-order valence-corrected chi connectivity index (χ3v) is 7.51. The average Bonchev–Trinajstić information content (AvgIpc) is 2.99. The molecule has 0 saturated carbocycles. The molecule has 9 heteroatoms. The van der Waals surface area contributed by atoms with Crippen molar-refractivity contribution in [1.82, 2.24) is 0 Å². The standard InChI is InChI=1S/C14H27O7PS/c1-9-5-11(18-4)12(20-9)8-19-22(15,16)23-14-6-10(2)21-13(14)7-17-3/h9-14H,5-8H2,1-4H3,(H,15,16)/t9?,10?,11-,12?,13?,14-/m0/s1. The maximum absolute atomic E-state index is 12.4. The number of rotatable bonds is 8. The van der Waals surface area contributed by atoms with Crippen LogP contribution in [0.5, 0.6) is 0 Å². The lowest BCUT2D eigenvalue weighted by atomic mass is 10.1. The van der Waals surface area contributed by atoms with Crippen molar-refractivity contribution >= 4 is 18.2 Å². The van der Waals surface area contributed by atoms with Gasteiger partial charge in [0.1, 0.15) is 6.10 Å². The molecular weight excluding hydrogens is 343 g/mol. The van der Waals surface area contributed by atoms with Gasteiger partial charge in [0.05, 0.1) is 37.6 Å². The smallest absolute Gasteiger partial charge is 0.382 e. The van der Waals surface area contributed by atoms with Gasteiger partial charge >= 0.3 is 6.80 Å². The first-order valence-corrected chi connectivity index (χ1v) is 10.9. The lowest BCUT2D eigenvalue weighted by Gasteiger charge is -2.22. The minimum absolute atomic E-state index is 0.0434. The van der Waals surface area contributed by atoms with Crippen LogP contribution >= 0.6 is 18.2 Å². The Balaban J connectivity index is 1.85. The monoisotopic (exact) mass is 370 g/mol. The fraction of sp³-hybridized carbons (Fsp3) is 1.00. The molecule has 0 amide bonds. The number of hydrogen-bond acceptors (Lipinski definition) is 7. The van der Waals surface area contributed by atoms with E-state index >= 15 is 0 Å². The molecule has 136 valence electrons. The number of hydrogen-bond donors (Lipinski definition) is 1. The largest absolute Gasteiger partial charge is 0.387 e. The Morgan fingerprint density at radius 2 is 1.78 bits per heavy atom. The molecule has 2 aliphatic rings. The molecule has 0 aromatic carbocycles. The first kappa shape index (κ1) is 19.7. The summed E-state index contributed by atoms with van der Waals surface area (Å²) in [7, 11) is 3.20. The van der Waals surface area contributed by atoms with Crippen LogP contribution in [0.25, 0.3) is 0 Å². The molecular formula is C14H27O7PS. The zero-order valence-electron chi connectivity index (χ0n) is 14.0. The zero-order valence-corrected chi connectivity index (χ0v) is 15.8. The van der Waals surface area contributed by atoms with Crippen LogP contribution in [0.4, 0.5) is 0 Å². The third kappa shape index (κ3) is 5.68. The summed E-state index contributed by atoms with van der Waals surface area (Å²) in [5.74, 6) is 0. The molecule has 2 heterocycles. The highest BCUT2D eigenvalue weighted by Crippen LogP contribution is 2.60. The van der Waals surface area contributed by atoms with Gasteiger partial charge in [0.2, 0.25) is 0 Å². The molecule has 2 aliphatic heterocycles. The van der Waals surface area contributed by atoms with Gasteiger partial charge in [-0.05, 0) is 31.7 Å². The van der Waals surface area contributed by atoms with E-state index in [0.29, 0.717) is 13.0 Å². The first-order chi connectivity index (χ1) is 10.8. The second kappa shape index (κ2) is 8.63. The summed E-state index contributed by atoms with van der Waals surface area (Å²) < 4.78 is 39.5. The van der Waals surface area contributed by atoms with Gasteiger partial charge in [0, 0.05) is 25.9 Å². The summed E-state index contributed by atoms with van der Waals surface area (Å²) in [6.07, 6.45) is 0.954. The first-order valence-electron chi connectivity index (χ1n) is 7.83. The lowest BCUT2D eigenvalue weighted by molar-refractivity contribution is -0.0254. The van der Waals surface area contributed by atoms with Crippen LogP contribution in [0.1, 0.15) is 26.7 Å². The van der Waals surface area contributed by atoms with Crippen molar-refractivity contribution in [3.05, 3.63) is 0 Å². The van der Waals surface area contributed by atoms with Crippen molar-refractivity contribution < 1.29 is 32.9 Å². The minimum atomic E-state index is -3.79. The van der Waals surface area contributed by atoms with Gasteiger partial charge in [-0.15, -0.1) is 0 Å². The molecule has 7 atom stereocenters. The molecule has 0 radical (unpaired) electrons. The maximum Gasteiger partial charge on any atom is 0.387 e. The van der Waals surface area contributed by atoms with Crippen molar-refractivity contribution in [3.63, 3.8) is 0 Å². The highest BCUT2D eigenvalue weighted by molar-refractivity contribution is 8.55. The highest BCUT2D eigenvalue weighted by Gasteiger charge is 2.40. The highest BCUT2D eigenvalue weighted by atomic mass is 32.7. The van der Waals surface area contributed by atoms with E-state index in [0.717, 1.165) is 17.8 Å². The van der Waals surface area contributed by atoms with Crippen LogP contribution in [0.15, 0.2) is 0 Å². The molecule has 1 N–H and O–H groups in total. The fourth-order valence-electron chi connectivity index (χ4n) is 3.03. The van der Waals surface area contributed by atoms with Gasteiger partial charge in [-0.3, -0.25) is 4.52 Å². The van der Waals surface area contributed by atoms with Gasteiger partial charge in [0.25, 0.3) is 0 Å². The van der Waals surface area contributed by atoms with Crippen molar-refractivity contribution in [2.75, 3.05) is 27.4 Å². The SMILES string of the molecule is COCC1OC(C)C[C@@H]1SP(=O)(O)OCC1OC(C)C[C@@H]1OC. The van der Waals surface area contributed by atoms with E-state index in [4.69, 9.17) is 23.5 Å². The Morgan fingerprint density at radius 1 is 1.13 bits per heavy atom. The van der Waals surface area contributed by atoms with Crippen LogP contribution in [-0.2, 0) is 28.0 Å². The summed E-state index contributed by atoms with van der Waals surface area (Å²) in [4.78, 5) is 10.1. The Labute approximate surface area is 141 Å². The summed E-state index contributed by atoms with van der Waals surface area (Å²) in [5.41, 5.74) is 0. The second-order valence-electron chi connectivity index (χ2n) is 6.08. The van der Waals surface area contributed by atoms with Crippen molar-refractivity contribution in [2.24, 2.45) is 0 Å². The van der Waals surface area contributed by atoms with Crippen LogP contribution in [0.2, 0.25) is 0 Å². The normalized spacial score (nSPS) is 40.4. The molecule has 0 aromatic heterocycles. The van der Waals surface area contributed by atoms with Gasteiger partial charge in [0.15, 0.2) is 0 Å². The molecule has 0 bridgehead atoms. The fourth-order valence-corrected chi connectivity index (χ4v) is 6.46. The molecule has 0 aliphatic carbocycles. The van der Waals surface area contributed by atoms with Crippen LogP contribution < -0.4 is 0 Å². The topological polar surface area (TPSA) is 83.5 Å². The summed E-state index contributed by atoms with van der Waals surface area (Å²) in [6.45, 7) is 0.548. The molecule has 5 unspecified atom stereocenters. The average molecular weight is 370 g/mol. The van der Waals surface area contributed by atoms with E-state index in [1.165, 1.54) is 0 Å². The molecule has 2 rings (SSSR count). The van der Waals surface area contributed by atoms with Crippen molar-refractivity contribution in [1.29, 1.82) is 0 Å². The zero-order chi connectivity index (χ0) is 17.0. The van der Waals surface area contributed by atoms with E-state index in [-0.39, 0.29) is 42.4 Å². The predicted octanol–water partition coefficient (Wildman–Crippen LogP) is 2.22. The van der Waals surface area contributed by atoms with E-state index in [1.807, 2.05) is 13.8 Å². The van der Waals surface area contributed by atoms with Gasteiger partial charge in [-0.2, -0.15) is 0 Å². The van der Waals surface area contributed by atoms with E-state index in [9.17, 15) is 9.46 Å². The van der Waals surface area contributed by atoms with Crippen LogP contribution in [0, 0.1) is 0 Å². The summed E-state index contributed by atoms with van der Waals surface area (Å²) in [6, 6.07) is 0. The minimum Gasteiger partial charge on any atom is -0.382 e. The van der Waals surface area contributed by atoms with Gasteiger partial charge < -0.3 is 23.8 Å². The molecule has 0 spiro atoms. The molecule has 23 heavy (non-hydrogen) atoms. The van der Waals surface area contributed by atoms with Gasteiger partial charge in [-0.25, -0.2) is 4.57 Å². The van der Waals surface area contributed by atoms with E-state index in [2.05, 4.69) is 0 Å². The quantitative estimate of drug-likeness (QED) is 0.651. The Kier molecular flexibility index (Phi) is 7.38. The van der Waals surface area contributed by atoms with Crippen LogP contribution in [-0.4, -0.2) is 68.1 Å². The summed E-state index contributed by atoms with van der Waals surface area (Å²) >= 11 is 0.942. The Hall–Kier alpha value is 0.340. The third-order valence-electron chi connectivity index (χ3n) is 4.08. The lowest BCUT2D eigenvalue weighted by Crippen LogP contribution is -2.28. The van der Waals surface area contributed by atoms with Crippen LogP contribution in [0.3, 0.4) is 0 Å². The second-order valence-corrected chi connectivity index (χ2v) is 10.1. The Bertz CT molecular complexity index is 424. The number of ether oxygens (including phenoxy) is 4. The van der Waals surface area contributed by atoms with Crippen molar-refractivity contribution in [3.8, 4) is 0 Å². The molecule has 2 fully saturated rings. The Morgan fingerprint density at radius 3 is 2.43 bits per heavy atom. The van der Waals surface area contributed by atoms with E-state index < -0.39 is 6.80 Å². The van der Waals surface area contributed by atoms with E-state index in [1.54, 1.807) is 14.2 Å². The maximum atomic E-state index is 12.4. The summed E-state index contributed by atoms with van der Waals surface area (Å²) in [5, 5.41) is -0.123. The molecule has 2 saturated heterocycles.